The smallest absolute Gasteiger partial charge is 0.150 e. The molecule has 4 nitrogen and oxygen atoms in total. The van der Waals surface area contributed by atoms with Crippen LogP contribution in [0.1, 0.15) is 17.2 Å². The van der Waals surface area contributed by atoms with Crippen LogP contribution in [-0.2, 0) is 0 Å². The van der Waals surface area contributed by atoms with Crippen molar-refractivity contribution in [3.63, 3.8) is 0 Å². The van der Waals surface area contributed by atoms with Crippen molar-refractivity contribution in [2.75, 3.05) is 24.5 Å². The molecule has 0 saturated carbocycles. The molecule has 0 bridgehead atoms. The molecule has 20 heavy (non-hydrogen) atoms. The Bertz CT molecular complexity index is 570. The third-order valence-corrected chi connectivity index (χ3v) is 4.13. The lowest BCUT2D eigenvalue weighted by atomic mass is 9.89. The fourth-order valence-corrected chi connectivity index (χ4v) is 3.07. The lowest BCUT2D eigenvalue weighted by Crippen LogP contribution is -2.24. The molecule has 1 aromatic carbocycles. The average molecular weight is 268 g/mol. The highest BCUT2D eigenvalue weighted by Crippen LogP contribution is 2.34. The molecule has 2 heterocycles. The highest BCUT2D eigenvalue weighted by atomic mass is 15.2. The Balaban J connectivity index is 1.87. The first-order valence-electron chi connectivity index (χ1n) is 7.07. The van der Waals surface area contributed by atoms with Crippen molar-refractivity contribution < 1.29 is 0 Å². The SMILES string of the molecule is Cc1nccnc1N1C[C@@H](CN)[C@H](c2ccccc2)C1. The van der Waals surface area contributed by atoms with Gasteiger partial charge in [-0.2, -0.15) is 0 Å². The predicted molar refractivity (Wildman–Crippen MR) is 80.7 cm³/mol. The van der Waals surface area contributed by atoms with Crippen LogP contribution in [0.25, 0.3) is 0 Å². The van der Waals surface area contributed by atoms with Crippen LogP contribution in [0.2, 0.25) is 0 Å². The normalized spacial score (nSPS) is 22.2. The van der Waals surface area contributed by atoms with Gasteiger partial charge in [-0.15, -0.1) is 0 Å². The summed E-state index contributed by atoms with van der Waals surface area (Å²) < 4.78 is 0. The van der Waals surface area contributed by atoms with Crippen LogP contribution < -0.4 is 10.6 Å². The van der Waals surface area contributed by atoms with Gasteiger partial charge in [0, 0.05) is 31.4 Å². The Morgan fingerprint density at radius 2 is 1.90 bits per heavy atom. The maximum absolute atomic E-state index is 5.98. The van der Waals surface area contributed by atoms with Crippen molar-refractivity contribution in [3.05, 3.63) is 54.0 Å². The zero-order valence-corrected chi connectivity index (χ0v) is 11.7. The van der Waals surface area contributed by atoms with E-state index in [9.17, 15) is 0 Å². The van der Waals surface area contributed by atoms with Gasteiger partial charge in [-0.3, -0.25) is 4.98 Å². The molecule has 2 N–H and O–H groups in total. The number of nitrogens with two attached hydrogens (primary N) is 1. The summed E-state index contributed by atoms with van der Waals surface area (Å²) >= 11 is 0. The van der Waals surface area contributed by atoms with E-state index >= 15 is 0 Å². The summed E-state index contributed by atoms with van der Waals surface area (Å²) in [5.41, 5.74) is 8.33. The molecule has 0 amide bonds. The number of benzene rings is 1. The van der Waals surface area contributed by atoms with Crippen LogP contribution in [0.3, 0.4) is 0 Å². The van der Waals surface area contributed by atoms with Crippen molar-refractivity contribution >= 4 is 5.82 Å². The first-order valence-corrected chi connectivity index (χ1v) is 7.07. The Hall–Kier alpha value is -1.94. The first kappa shape index (κ1) is 13.1. The molecule has 104 valence electrons. The molecule has 0 spiro atoms. The van der Waals surface area contributed by atoms with Crippen molar-refractivity contribution in [2.45, 2.75) is 12.8 Å². The maximum Gasteiger partial charge on any atom is 0.150 e. The molecule has 1 aliphatic heterocycles. The second kappa shape index (κ2) is 5.59. The zero-order valence-electron chi connectivity index (χ0n) is 11.7. The fraction of sp³-hybridized carbons (Fsp3) is 0.375. The average Bonchev–Trinajstić information content (AvgIpc) is 2.92. The highest BCUT2D eigenvalue weighted by Gasteiger charge is 2.34. The number of anilines is 1. The minimum absolute atomic E-state index is 0.471. The molecule has 1 fully saturated rings. The molecule has 0 unspecified atom stereocenters. The standard InChI is InChI=1S/C16H20N4/c1-12-16(19-8-7-18-12)20-10-14(9-17)15(11-20)13-5-3-2-4-6-13/h2-8,14-15H,9-11,17H2,1H3/t14-,15+/m1/s1. The minimum Gasteiger partial charge on any atom is -0.354 e. The van der Waals surface area contributed by atoms with Crippen molar-refractivity contribution in [3.8, 4) is 0 Å². The first-order chi connectivity index (χ1) is 9.79. The van der Waals surface area contributed by atoms with E-state index in [2.05, 4.69) is 45.2 Å². The molecule has 2 aromatic rings. The van der Waals surface area contributed by atoms with Crippen LogP contribution in [0.5, 0.6) is 0 Å². The van der Waals surface area contributed by atoms with Crippen molar-refractivity contribution in [1.82, 2.24) is 9.97 Å². The van der Waals surface area contributed by atoms with E-state index in [4.69, 9.17) is 5.73 Å². The third-order valence-electron chi connectivity index (χ3n) is 4.13. The Morgan fingerprint density at radius 3 is 2.60 bits per heavy atom. The van der Waals surface area contributed by atoms with Gasteiger partial charge in [0.2, 0.25) is 0 Å². The molecular formula is C16H20N4. The van der Waals surface area contributed by atoms with Gasteiger partial charge in [0.05, 0.1) is 5.69 Å². The number of aryl methyl sites for hydroxylation is 1. The van der Waals surface area contributed by atoms with Crippen molar-refractivity contribution in [2.24, 2.45) is 11.7 Å². The monoisotopic (exact) mass is 268 g/mol. The lowest BCUT2D eigenvalue weighted by molar-refractivity contribution is 0.532. The quantitative estimate of drug-likeness (QED) is 0.924. The van der Waals surface area contributed by atoms with Gasteiger partial charge >= 0.3 is 0 Å². The van der Waals surface area contributed by atoms with Gasteiger partial charge in [0.15, 0.2) is 0 Å². The van der Waals surface area contributed by atoms with Crippen LogP contribution in [0.4, 0.5) is 5.82 Å². The van der Waals surface area contributed by atoms with Crippen LogP contribution in [0, 0.1) is 12.8 Å². The van der Waals surface area contributed by atoms with E-state index < -0.39 is 0 Å². The topological polar surface area (TPSA) is 55.0 Å². The minimum atomic E-state index is 0.471. The number of nitrogens with zero attached hydrogens (tertiary/aromatic N) is 3. The maximum atomic E-state index is 5.98. The van der Waals surface area contributed by atoms with Gasteiger partial charge < -0.3 is 10.6 Å². The summed E-state index contributed by atoms with van der Waals surface area (Å²) in [6.07, 6.45) is 3.50. The molecule has 3 rings (SSSR count). The van der Waals surface area contributed by atoms with E-state index in [1.165, 1.54) is 5.56 Å². The zero-order chi connectivity index (χ0) is 13.9. The summed E-state index contributed by atoms with van der Waals surface area (Å²) in [7, 11) is 0. The second-order valence-corrected chi connectivity index (χ2v) is 5.38. The van der Waals surface area contributed by atoms with E-state index in [0.717, 1.165) is 24.6 Å². The van der Waals surface area contributed by atoms with E-state index in [1.54, 1.807) is 12.4 Å². The summed E-state index contributed by atoms with van der Waals surface area (Å²) in [6.45, 7) is 4.63. The lowest BCUT2D eigenvalue weighted by Gasteiger charge is -2.18. The fourth-order valence-electron chi connectivity index (χ4n) is 3.07. The van der Waals surface area contributed by atoms with E-state index in [1.807, 2.05) is 6.92 Å². The van der Waals surface area contributed by atoms with Gasteiger partial charge in [-0.05, 0) is 24.9 Å². The highest BCUT2D eigenvalue weighted by molar-refractivity contribution is 5.45. The summed E-state index contributed by atoms with van der Waals surface area (Å²) in [5, 5.41) is 0. The third kappa shape index (κ3) is 2.39. The van der Waals surface area contributed by atoms with E-state index in [0.29, 0.717) is 18.4 Å². The molecule has 2 atom stereocenters. The van der Waals surface area contributed by atoms with Gasteiger partial charge in [-0.1, -0.05) is 30.3 Å². The molecule has 4 heteroatoms. The Morgan fingerprint density at radius 1 is 1.15 bits per heavy atom. The molecule has 1 aliphatic rings. The Labute approximate surface area is 119 Å². The number of rotatable bonds is 3. The molecule has 0 radical (unpaired) electrons. The van der Waals surface area contributed by atoms with Crippen LogP contribution in [-0.4, -0.2) is 29.6 Å². The summed E-state index contributed by atoms with van der Waals surface area (Å²) in [5.74, 6) is 1.94. The Kier molecular flexibility index (Phi) is 3.65. The predicted octanol–water partition coefficient (Wildman–Crippen LogP) is 1.96. The molecule has 1 saturated heterocycles. The number of hydrogen-bond donors (Lipinski definition) is 1. The van der Waals surface area contributed by atoms with Gasteiger partial charge in [0.25, 0.3) is 0 Å². The van der Waals surface area contributed by atoms with Gasteiger partial charge in [0.1, 0.15) is 5.82 Å². The molecular weight excluding hydrogens is 248 g/mol. The van der Waals surface area contributed by atoms with E-state index in [-0.39, 0.29) is 0 Å². The van der Waals surface area contributed by atoms with Crippen molar-refractivity contribution in [1.29, 1.82) is 0 Å². The largest absolute Gasteiger partial charge is 0.354 e. The number of hydrogen-bond acceptors (Lipinski definition) is 4. The second-order valence-electron chi connectivity index (χ2n) is 5.38. The summed E-state index contributed by atoms with van der Waals surface area (Å²) in [6, 6.07) is 10.6. The van der Waals surface area contributed by atoms with Crippen LogP contribution >= 0.6 is 0 Å². The van der Waals surface area contributed by atoms with Gasteiger partial charge in [-0.25, -0.2) is 4.98 Å². The molecule has 0 aliphatic carbocycles. The van der Waals surface area contributed by atoms with Crippen LogP contribution in [0.15, 0.2) is 42.7 Å². The molecule has 1 aromatic heterocycles. The summed E-state index contributed by atoms with van der Waals surface area (Å²) in [4.78, 5) is 11.1. The number of aromatic nitrogens is 2.